The Kier molecular flexibility index (Phi) is 6.18. The van der Waals surface area contributed by atoms with Gasteiger partial charge in [0.2, 0.25) is 5.91 Å². The number of fused-ring (bicyclic) bond motifs is 1. The van der Waals surface area contributed by atoms with Crippen molar-refractivity contribution in [3.8, 4) is 16.5 Å². The maximum absolute atomic E-state index is 12.8. The molecule has 3 heterocycles. The Bertz CT molecular complexity index is 1410. The van der Waals surface area contributed by atoms with Gasteiger partial charge < -0.3 is 19.5 Å². The fraction of sp³-hybridized carbons (Fsp3) is 0.185. The van der Waals surface area contributed by atoms with Crippen molar-refractivity contribution in [1.82, 2.24) is 15.3 Å². The van der Waals surface area contributed by atoms with Crippen molar-refractivity contribution in [1.29, 1.82) is 0 Å². The molecule has 0 saturated heterocycles. The molecular weight excluding hydrogens is 446 g/mol. The largest absolute Gasteiger partial charge is 0.497 e. The highest BCUT2D eigenvalue weighted by atomic mass is 32.1. The molecule has 5 rings (SSSR count). The van der Waals surface area contributed by atoms with E-state index in [1.54, 1.807) is 7.11 Å². The van der Waals surface area contributed by atoms with Crippen LogP contribution in [0.15, 0.2) is 76.7 Å². The molecule has 0 aliphatic rings. The number of nitrogens with one attached hydrogen (secondary N) is 2. The zero-order chi connectivity index (χ0) is 23.5. The fourth-order valence-electron chi connectivity index (χ4n) is 4.12. The summed E-state index contributed by atoms with van der Waals surface area (Å²) in [6, 6.07) is 20.0. The van der Waals surface area contributed by atoms with Gasteiger partial charge in [0.1, 0.15) is 11.5 Å². The third-order valence-corrected chi connectivity index (χ3v) is 6.77. The molecule has 0 bridgehead atoms. The third-order valence-electron chi connectivity index (χ3n) is 5.86. The molecule has 7 heteroatoms. The average molecular weight is 472 g/mol. The Hall–Kier alpha value is -3.84. The van der Waals surface area contributed by atoms with Crippen LogP contribution in [0.1, 0.15) is 28.5 Å². The first-order chi connectivity index (χ1) is 16.6. The van der Waals surface area contributed by atoms with E-state index in [0.717, 1.165) is 50.0 Å². The fourth-order valence-corrected chi connectivity index (χ4v) is 4.90. The standard InChI is InChI=1S/C27H25N3O3S/c1-17-7-12-25(33-17)27-30-19(16-34-27)13-26(31)29-14-22(18-8-10-20(32-2)11-9-18)23-15-28-24-6-4-3-5-21(23)24/h3-12,15-16,22,28H,13-14H2,1-2H3,(H,29,31). The minimum atomic E-state index is -0.0640. The maximum atomic E-state index is 12.8. The lowest BCUT2D eigenvalue weighted by atomic mass is 9.90. The van der Waals surface area contributed by atoms with E-state index >= 15 is 0 Å². The van der Waals surface area contributed by atoms with Gasteiger partial charge in [0.15, 0.2) is 10.8 Å². The number of benzene rings is 2. The zero-order valence-electron chi connectivity index (χ0n) is 19.0. The zero-order valence-corrected chi connectivity index (χ0v) is 19.8. The van der Waals surface area contributed by atoms with Gasteiger partial charge >= 0.3 is 0 Å². The molecule has 3 aromatic heterocycles. The molecule has 6 nitrogen and oxygen atoms in total. The second kappa shape index (κ2) is 9.57. The van der Waals surface area contributed by atoms with Gasteiger partial charge in [0.25, 0.3) is 0 Å². The summed E-state index contributed by atoms with van der Waals surface area (Å²) in [5.41, 5.74) is 4.06. The Labute approximate surface area is 201 Å². The van der Waals surface area contributed by atoms with Crippen molar-refractivity contribution < 1.29 is 13.9 Å². The molecule has 0 saturated carbocycles. The number of carbonyl (C=O) groups is 1. The number of aryl methyl sites for hydroxylation is 1. The first-order valence-corrected chi connectivity index (χ1v) is 12.0. The van der Waals surface area contributed by atoms with Crippen LogP contribution in [-0.4, -0.2) is 29.5 Å². The van der Waals surface area contributed by atoms with E-state index in [1.807, 2.05) is 54.9 Å². The number of furan rings is 1. The lowest BCUT2D eigenvalue weighted by Crippen LogP contribution is -2.30. The van der Waals surface area contributed by atoms with Gasteiger partial charge in [0, 0.05) is 34.9 Å². The Morgan fingerprint density at radius 1 is 1.15 bits per heavy atom. The number of nitrogens with zero attached hydrogens (tertiary/aromatic N) is 1. The van der Waals surface area contributed by atoms with Crippen LogP contribution in [0.25, 0.3) is 21.7 Å². The van der Waals surface area contributed by atoms with Gasteiger partial charge in [-0.25, -0.2) is 4.98 Å². The molecule has 5 aromatic rings. The van der Waals surface area contributed by atoms with E-state index in [4.69, 9.17) is 9.15 Å². The summed E-state index contributed by atoms with van der Waals surface area (Å²) in [7, 11) is 1.66. The molecule has 1 amide bonds. The highest BCUT2D eigenvalue weighted by Gasteiger charge is 2.20. The molecule has 172 valence electrons. The predicted molar refractivity (Wildman–Crippen MR) is 134 cm³/mol. The molecule has 0 radical (unpaired) electrons. The summed E-state index contributed by atoms with van der Waals surface area (Å²) in [5, 5.41) is 6.96. The highest BCUT2D eigenvalue weighted by molar-refractivity contribution is 7.13. The van der Waals surface area contributed by atoms with Crippen molar-refractivity contribution in [3.05, 3.63) is 94.8 Å². The van der Waals surface area contributed by atoms with Gasteiger partial charge in [-0.3, -0.25) is 4.79 Å². The number of hydrogen-bond acceptors (Lipinski definition) is 5. The lowest BCUT2D eigenvalue weighted by Gasteiger charge is -2.18. The van der Waals surface area contributed by atoms with Crippen LogP contribution < -0.4 is 10.1 Å². The lowest BCUT2D eigenvalue weighted by molar-refractivity contribution is -0.120. The van der Waals surface area contributed by atoms with Crippen LogP contribution in [0.4, 0.5) is 0 Å². The topological polar surface area (TPSA) is 80.2 Å². The first-order valence-electron chi connectivity index (χ1n) is 11.1. The molecule has 0 spiro atoms. The Morgan fingerprint density at radius 3 is 2.74 bits per heavy atom. The number of thiazole rings is 1. The molecule has 0 fully saturated rings. The monoisotopic (exact) mass is 471 g/mol. The number of methoxy groups -OCH3 is 1. The van der Waals surface area contributed by atoms with Crippen LogP contribution in [0, 0.1) is 6.92 Å². The second-order valence-electron chi connectivity index (χ2n) is 8.15. The smallest absolute Gasteiger partial charge is 0.226 e. The van der Waals surface area contributed by atoms with E-state index in [1.165, 1.54) is 11.3 Å². The van der Waals surface area contributed by atoms with Gasteiger partial charge in [-0.1, -0.05) is 30.3 Å². The maximum Gasteiger partial charge on any atom is 0.226 e. The minimum absolute atomic E-state index is 0.0110. The van der Waals surface area contributed by atoms with E-state index < -0.39 is 0 Å². The molecule has 2 aromatic carbocycles. The van der Waals surface area contributed by atoms with Gasteiger partial charge in [-0.05, 0) is 48.4 Å². The summed E-state index contributed by atoms with van der Waals surface area (Å²) in [4.78, 5) is 20.8. The van der Waals surface area contributed by atoms with Crippen LogP contribution in [0.2, 0.25) is 0 Å². The quantitative estimate of drug-likeness (QED) is 0.305. The Morgan fingerprint density at radius 2 is 1.97 bits per heavy atom. The molecule has 0 aliphatic heterocycles. The number of amides is 1. The molecule has 34 heavy (non-hydrogen) atoms. The third kappa shape index (κ3) is 4.61. The predicted octanol–water partition coefficient (Wildman–Crippen LogP) is 5.69. The molecular formula is C27H25N3O3S. The molecule has 0 aliphatic carbocycles. The van der Waals surface area contributed by atoms with Gasteiger partial charge in [-0.2, -0.15) is 0 Å². The summed E-state index contributed by atoms with van der Waals surface area (Å²) in [6.07, 6.45) is 2.25. The number of rotatable bonds is 8. The molecule has 2 N–H and O–H groups in total. The van der Waals surface area contributed by atoms with Crippen LogP contribution in [0.3, 0.4) is 0 Å². The van der Waals surface area contributed by atoms with Gasteiger partial charge in [0.05, 0.1) is 19.2 Å². The number of aromatic nitrogens is 2. The van der Waals surface area contributed by atoms with Gasteiger partial charge in [-0.15, -0.1) is 11.3 Å². The average Bonchev–Trinajstić information content (AvgIpc) is 3.60. The summed E-state index contributed by atoms with van der Waals surface area (Å²) in [5.74, 6) is 2.30. The molecule has 1 atom stereocenters. The van der Waals surface area contributed by atoms with E-state index in [-0.39, 0.29) is 18.2 Å². The van der Waals surface area contributed by atoms with E-state index in [0.29, 0.717) is 6.54 Å². The van der Waals surface area contributed by atoms with Crippen molar-refractivity contribution in [2.24, 2.45) is 0 Å². The minimum Gasteiger partial charge on any atom is -0.497 e. The number of H-pyrrole nitrogens is 1. The molecule has 1 unspecified atom stereocenters. The second-order valence-corrected chi connectivity index (χ2v) is 9.01. The van der Waals surface area contributed by atoms with Crippen molar-refractivity contribution in [2.75, 3.05) is 13.7 Å². The van der Waals surface area contributed by atoms with Crippen LogP contribution in [0.5, 0.6) is 5.75 Å². The van der Waals surface area contributed by atoms with E-state index in [9.17, 15) is 4.79 Å². The normalized spacial score (nSPS) is 12.1. The Balaban J connectivity index is 1.33. The summed E-state index contributed by atoms with van der Waals surface area (Å²) >= 11 is 1.48. The van der Waals surface area contributed by atoms with Crippen LogP contribution >= 0.6 is 11.3 Å². The van der Waals surface area contributed by atoms with Crippen molar-refractivity contribution >= 4 is 28.1 Å². The summed E-state index contributed by atoms with van der Waals surface area (Å²) in [6.45, 7) is 2.37. The summed E-state index contributed by atoms with van der Waals surface area (Å²) < 4.78 is 11.0. The van der Waals surface area contributed by atoms with Crippen molar-refractivity contribution in [3.63, 3.8) is 0 Å². The number of ether oxygens (including phenoxy) is 1. The van der Waals surface area contributed by atoms with E-state index in [2.05, 4.69) is 39.6 Å². The first kappa shape index (κ1) is 22.0. The number of aromatic amines is 1. The number of carbonyl (C=O) groups excluding carboxylic acids is 1. The van der Waals surface area contributed by atoms with Crippen LogP contribution in [-0.2, 0) is 11.2 Å². The number of para-hydroxylation sites is 1. The highest BCUT2D eigenvalue weighted by Crippen LogP contribution is 2.31. The SMILES string of the molecule is COc1ccc(C(CNC(=O)Cc2csc(-c3ccc(C)o3)n2)c2c[nH]c3ccccc23)cc1. The van der Waals surface area contributed by atoms with Crippen molar-refractivity contribution in [2.45, 2.75) is 19.3 Å². The number of hydrogen-bond donors (Lipinski definition) is 2.